The minimum Gasteiger partial charge on any atom is -0.506 e. The second kappa shape index (κ2) is 19.7. The molecule has 3 atom stereocenters. The van der Waals surface area contributed by atoms with Gasteiger partial charge in [0, 0.05) is 48.1 Å². The van der Waals surface area contributed by atoms with E-state index in [1.54, 1.807) is 72.8 Å². The fourth-order valence-corrected chi connectivity index (χ4v) is 7.82. The Morgan fingerprint density at radius 2 is 1.60 bits per heavy atom. The molecule has 7 rings (SSSR count). The van der Waals surface area contributed by atoms with Gasteiger partial charge in [0.15, 0.2) is 0 Å². The number of carbonyl (C=O) groups excluding carboxylic acids is 2. The third kappa shape index (κ3) is 10.3. The molecule has 11 heteroatoms. The Morgan fingerprint density at radius 1 is 0.850 bits per heavy atom. The first-order chi connectivity index (χ1) is 29.2. The van der Waals surface area contributed by atoms with Gasteiger partial charge in [-0.25, -0.2) is 4.79 Å². The van der Waals surface area contributed by atoms with Gasteiger partial charge in [0.05, 0.1) is 24.8 Å². The van der Waals surface area contributed by atoms with E-state index in [-0.39, 0.29) is 29.7 Å². The van der Waals surface area contributed by atoms with Crippen molar-refractivity contribution in [3.05, 3.63) is 177 Å². The van der Waals surface area contributed by atoms with Crippen molar-refractivity contribution in [1.29, 1.82) is 0 Å². The predicted molar refractivity (Wildman–Crippen MR) is 230 cm³/mol. The first-order valence-electron chi connectivity index (χ1n) is 20.5. The molecule has 5 N–H and O–H groups in total. The highest BCUT2D eigenvalue weighted by Crippen LogP contribution is 2.34. The van der Waals surface area contributed by atoms with Crippen molar-refractivity contribution < 1.29 is 34.4 Å². The average molecular weight is 810 g/mol. The number of fused-ring (bicyclic) bond motifs is 1. The molecule has 5 aromatic carbocycles. The van der Waals surface area contributed by atoms with E-state index in [9.17, 15) is 29.7 Å². The summed E-state index contributed by atoms with van der Waals surface area (Å²) < 4.78 is 11.9. The summed E-state index contributed by atoms with van der Waals surface area (Å²) >= 11 is 0. The zero-order chi connectivity index (χ0) is 41.9. The van der Waals surface area contributed by atoms with Crippen LogP contribution in [0.5, 0.6) is 11.5 Å². The molecule has 60 heavy (non-hydrogen) atoms. The molecule has 1 fully saturated rings. The maximum atomic E-state index is 13.8. The van der Waals surface area contributed by atoms with Crippen LogP contribution < -0.4 is 15.6 Å². The van der Waals surface area contributed by atoms with E-state index < -0.39 is 17.7 Å². The minimum atomic E-state index is -2.04. The van der Waals surface area contributed by atoms with E-state index >= 15 is 0 Å². The lowest BCUT2D eigenvalue weighted by atomic mass is 9.86. The van der Waals surface area contributed by atoms with Crippen LogP contribution in [0.3, 0.4) is 0 Å². The second-order valence-electron chi connectivity index (χ2n) is 15.4. The van der Waals surface area contributed by atoms with Crippen molar-refractivity contribution in [2.45, 2.75) is 50.4 Å². The number of aliphatic hydroxyl groups is 2. The first kappa shape index (κ1) is 41.9. The number of likely N-dealkylation sites (tertiary alicyclic amines) is 1. The van der Waals surface area contributed by atoms with Gasteiger partial charge in [-0.3, -0.25) is 14.5 Å². The fraction of sp³-hybridized carbons (Fsp3) is 0.286. The molecule has 310 valence electrons. The summed E-state index contributed by atoms with van der Waals surface area (Å²) in [6.45, 7) is 3.45. The van der Waals surface area contributed by atoms with Crippen molar-refractivity contribution in [1.82, 2.24) is 15.2 Å². The van der Waals surface area contributed by atoms with Crippen LogP contribution in [0.2, 0.25) is 0 Å². The Morgan fingerprint density at radius 3 is 2.38 bits per heavy atom. The van der Waals surface area contributed by atoms with Crippen molar-refractivity contribution in [3.63, 3.8) is 0 Å². The zero-order valence-electron chi connectivity index (χ0n) is 33.5. The molecule has 0 bridgehead atoms. The number of phenols is 1. The molecule has 11 nitrogen and oxygen atoms in total. The number of aryl methyl sites for hydroxylation is 1. The first-order valence-corrected chi connectivity index (χ1v) is 20.5. The molecule has 6 aromatic rings. The number of carbonyl (C=O) groups is 2. The van der Waals surface area contributed by atoms with E-state index in [2.05, 4.69) is 27.3 Å². The summed E-state index contributed by atoms with van der Waals surface area (Å²) in [4.78, 5) is 43.4. The van der Waals surface area contributed by atoms with Gasteiger partial charge >= 0.3 is 5.97 Å². The maximum Gasteiger partial charge on any atom is 0.347 e. The van der Waals surface area contributed by atoms with E-state index in [0.717, 1.165) is 31.6 Å². The molecular weight excluding hydrogens is 759 g/mol. The van der Waals surface area contributed by atoms with Gasteiger partial charge in [0.25, 0.3) is 5.91 Å². The Bertz CT molecular complexity index is 2420. The number of benzene rings is 5. The number of aromatic nitrogens is 1. The molecule has 1 amide bonds. The number of amides is 1. The molecule has 0 unspecified atom stereocenters. The van der Waals surface area contributed by atoms with E-state index in [0.29, 0.717) is 77.7 Å². The summed E-state index contributed by atoms with van der Waals surface area (Å²) in [5.41, 5.74) is 2.12. The number of esters is 1. The van der Waals surface area contributed by atoms with Crippen molar-refractivity contribution in [2.75, 3.05) is 32.8 Å². The summed E-state index contributed by atoms with van der Waals surface area (Å²) in [7, 11) is 0. The summed E-state index contributed by atoms with van der Waals surface area (Å²) in [5, 5.41) is 36.7. The van der Waals surface area contributed by atoms with Crippen LogP contribution in [0.4, 0.5) is 0 Å². The number of hydrogen-bond acceptors (Lipinski definition) is 9. The highest BCUT2D eigenvalue weighted by molar-refractivity contribution is 5.94. The van der Waals surface area contributed by atoms with Crippen LogP contribution in [0.15, 0.2) is 138 Å². The van der Waals surface area contributed by atoms with E-state index in [4.69, 9.17) is 9.47 Å². The standard InChI is InChI=1S/C49H51N3O8/c53-43(41-22-24-44(54)46-42(41)23-25-45(55)51-46)17-7-12-34-18-20-37(21-19-34)47(56)50-27-9-29-59-40-16-8-15-39(30-40)49(58,38-13-5-2-6-14-38)48(57)60-33-36-26-28-52(32-36)31-35-10-3-1-4-11-35/h1-6,8,10-11,13-16,18-25,30,36,43,53-54,58H,7,9,12,17,26-29,31-33H2,(H,50,56)(H,51,55)/t36-,43+,49+/m1/s1. The third-order valence-electron chi connectivity index (χ3n) is 11.1. The monoisotopic (exact) mass is 809 g/mol. The number of hydrogen-bond donors (Lipinski definition) is 5. The quantitative estimate of drug-likeness (QED) is 0.0465. The Kier molecular flexibility index (Phi) is 13.7. The smallest absolute Gasteiger partial charge is 0.347 e. The highest BCUT2D eigenvalue weighted by Gasteiger charge is 2.42. The molecule has 1 aromatic heterocycles. The number of nitrogens with one attached hydrogen (secondary N) is 2. The molecule has 1 saturated heterocycles. The lowest BCUT2D eigenvalue weighted by molar-refractivity contribution is -0.163. The third-order valence-corrected chi connectivity index (χ3v) is 11.1. The van der Waals surface area contributed by atoms with Crippen molar-refractivity contribution in [2.24, 2.45) is 5.92 Å². The number of phenolic OH excluding ortho intramolecular Hbond substituents is 1. The van der Waals surface area contributed by atoms with Crippen LogP contribution in [0, 0.1) is 5.92 Å². The molecule has 1 aliphatic rings. The fourth-order valence-electron chi connectivity index (χ4n) is 7.82. The number of nitrogens with zero attached hydrogens (tertiary/aromatic N) is 1. The minimum absolute atomic E-state index is 0.0469. The van der Waals surface area contributed by atoms with Gasteiger partial charge in [-0.1, -0.05) is 91.0 Å². The molecule has 1 aliphatic heterocycles. The van der Waals surface area contributed by atoms with E-state index in [1.165, 1.54) is 17.7 Å². The summed E-state index contributed by atoms with van der Waals surface area (Å²) in [5.74, 6) is -0.342. The zero-order valence-corrected chi connectivity index (χ0v) is 33.5. The average Bonchev–Trinajstić information content (AvgIpc) is 3.73. The lowest BCUT2D eigenvalue weighted by Gasteiger charge is -2.28. The van der Waals surface area contributed by atoms with Gasteiger partial charge in [-0.15, -0.1) is 0 Å². The normalized spacial score (nSPS) is 15.6. The number of rotatable bonds is 18. The lowest BCUT2D eigenvalue weighted by Crippen LogP contribution is -2.39. The topological polar surface area (TPSA) is 161 Å². The number of aromatic amines is 1. The SMILES string of the molecule is O=C(NCCCOc1cccc([C@](O)(C(=O)OC[C@@H]2CCN(Cc3ccccc3)C2)c2ccccc2)c1)c1ccc(CCC[C@H](O)c2ccc(O)c3[nH]c(=O)ccc23)cc1. The summed E-state index contributed by atoms with van der Waals surface area (Å²) in [6.07, 6.45) is 2.51. The maximum absolute atomic E-state index is 13.8. The van der Waals surface area contributed by atoms with Gasteiger partial charge in [0.1, 0.15) is 11.5 Å². The Hall–Kier alpha value is -6.27. The van der Waals surface area contributed by atoms with Crippen LogP contribution >= 0.6 is 0 Å². The number of pyridine rings is 1. The van der Waals surface area contributed by atoms with Crippen molar-refractivity contribution in [3.8, 4) is 11.5 Å². The van der Waals surface area contributed by atoms with E-state index in [1.807, 2.05) is 36.4 Å². The van der Waals surface area contributed by atoms with Crippen molar-refractivity contribution >= 4 is 22.8 Å². The second-order valence-corrected chi connectivity index (χ2v) is 15.4. The largest absolute Gasteiger partial charge is 0.506 e. The molecule has 0 radical (unpaired) electrons. The van der Waals surface area contributed by atoms with Gasteiger partial charge < -0.3 is 35.1 Å². The molecular formula is C49H51N3O8. The van der Waals surface area contributed by atoms with Crippen LogP contribution in [0.1, 0.15) is 70.0 Å². The van der Waals surface area contributed by atoms with Crippen LogP contribution in [0.25, 0.3) is 10.9 Å². The molecule has 0 aliphatic carbocycles. The Balaban J connectivity index is 0.861. The molecule has 2 heterocycles. The number of H-pyrrole nitrogens is 1. The molecule has 0 saturated carbocycles. The summed E-state index contributed by atoms with van der Waals surface area (Å²) in [6, 6.07) is 39.4. The predicted octanol–water partition coefficient (Wildman–Crippen LogP) is 6.79. The Labute approximate surface area is 349 Å². The number of aromatic hydroxyl groups is 1. The van der Waals surface area contributed by atoms with Gasteiger partial charge in [-0.2, -0.15) is 0 Å². The van der Waals surface area contributed by atoms with Crippen LogP contribution in [-0.2, 0) is 28.1 Å². The van der Waals surface area contributed by atoms with Gasteiger partial charge in [0.2, 0.25) is 11.2 Å². The number of aliphatic hydroxyl groups excluding tert-OH is 1. The van der Waals surface area contributed by atoms with Gasteiger partial charge in [-0.05, 0) is 97.3 Å². The number of ether oxygens (including phenoxy) is 2. The highest BCUT2D eigenvalue weighted by atomic mass is 16.5. The molecule has 0 spiro atoms. The van der Waals surface area contributed by atoms with Crippen LogP contribution in [-0.4, -0.2) is 69.9 Å².